The van der Waals surface area contributed by atoms with Crippen LogP contribution in [0, 0.1) is 0 Å². The van der Waals surface area contributed by atoms with Gasteiger partial charge in [-0.3, -0.25) is 23.9 Å². The summed E-state index contributed by atoms with van der Waals surface area (Å²) < 4.78 is 8.59. The average Bonchev–Trinajstić information content (AvgIpc) is 3.25. The molecule has 0 aromatic carbocycles. The van der Waals surface area contributed by atoms with E-state index in [1.54, 1.807) is 22.7 Å². The van der Waals surface area contributed by atoms with Gasteiger partial charge in [0.1, 0.15) is 5.69 Å². The van der Waals surface area contributed by atoms with Crippen LogP contribution in [0.2, 0.25) is 0 Å². The maximum absolute atomic E-state index is 12.8. The van der Waals surface area contributed by atoms with E-state index in [0.29, 0.717) is 11.4 Å². The van der Waals surface area contributed by atoms with E-state index in [1.807, 2.05) is 6.20 Å². The highest BCUT2D eigenvalue weighted by molar-refractivity contribution is 6.10. The lowest BCUT2D eigenvalue weighted by Gasteiger charge is -2.30. The maximum atomic E-state index is 12.8. The Kier molecular flexibility index (Phi) is 5.40. The van der Waals surface area contributed by atoms with Crippen molar-refractivity contribution in [2.45, 2.75) is 13.0 Å². The Bertz CT molecular complexity index is 849. The van der Waals surface area contributed by atoms with Gasteiger partial charge >= 0.3 is 0 Å². The molecule has 2 aliphatic heterocycles. The normalized spacial score (nSPS) is 17.4. The van der Waals surface area contributed by atoms with Gasteiger partial charge in [0.15, 0.2) is 5.82 Å². The number of amides is 2. The van der Waals surface area contributed by atoms with Crippen LogP contribution in [0.25, 0.3) is 0 Å². The highest BCUT2D eigenvalue weighted by Crippen LogP contribution is 2.17. The van der Waals surface area contributed by atoms with E-state index in [1.165, 1.54) is 10.9 Å². The molecule has 0 radical (unpaired) electrons. The first-order chi connectivity index (χ1) is 13.6. The summed E-state index contributed by atoms with van der Waals surface area (Å²) in [6.45, 7) is 6.46. The minimum atomic E-state index is -0.387. The summed E-state index contributed by atoms with van der Waals surface area (Å²) in [6, 6.07) is 1.75. The molecule has 1 N–H and O–H groups in total. The molecule has 0 saturated carbocycles. The van der Waals surface area contributed by atoms with E-state index in [-0.39, 0.29) is 17.5 Å². The average molecular weight is 387 g/mol. The number of aromatic nitrogens is 4. The standard InChI is InChI=1S/C18H25N7O3/c1-22-16(14(13-19-22)18(27)24-4-2-5-24)17(26)20-15-3-6-25(21-15)8-7-23-9-11-28-12-10-23/h3,6,13H,2,4-5,7-12H2,1H3,(H,20,21,26). The first-order valence-corrected chi connectivity index (χ1v) is 9.58. The predicted molar refractivity (Wildman–Crippen MR) is 101 cm³/mol. The van der Waals surface area contributed by atoms with Crippen LogP contribution >= 0.6 is 0 Å². The lowest BCUT2D eigenvalue weighted by Crippen LogP contribution is -2.42. The second-order valence-electron chi connectivity index (χ2n) is 7.05. The molecule has 4 heterocycles. The minimum absolute atomic E-state index is 0.152. The van der Waals surface area contributed by atoms with E-state index < -0.39 is 0 Å². The highest BCUT2D eigenvalue weighted by Gasteiger charge is 2.28. The predicted octanol–water partition coefficient (Wildman–Crippen LogP) is 0.0470. The molecule has 0 bridgehead atoms. The number of aryl methyl sites for hydroxylation is 1. The summed E-state index contributed by atoms with van der Waals surface area (Å²) in [5.41, 5.74) is 0.575. The fraction of sp³-hybridized carbons (Fsp3) is 0.556. The number of carbonyl (C=O) groups excluding carboxylic acids is 2. The van der Waals surface area contributed by atoms with Crippen molar-refractivity contribution < 1.29 is 14.3 Å². The number of hydrogen-bond donors (Lipinski definition) is 1. The smallest absolute Gasteiger partial charge is 0.275 e. The van der Waals surface area contributed by atoms with Crippen LogP contribution in [0.1, 0.15) is 27.3 Å². The number of nitrogens with one attached hydrogen (secondary N) is 1. The van der Waals surface area contributed by atoms with Crippen molar-refractivity contribution in [3.05, 3.63) is 29.7 Å². The molecule has 2 saturated heterocycles. The van der Waals surface area contributed by atoms with E-state index in [2.05, 4.69) is 20.4 Å². The Morgan fingerprint density at radius 1 is 1.18 bits per heavy atom. The molecular formula is C18H25N7O3. The molecule has 2 fully saturated rings. The van der Waals surface area contributed by atoms with Gasteiger partial charge < -0.3 is 15.0 Å². The number of carbonyl (C=O) groups is 2. The number of hydrogen-bond acceptors (Lipinski definition) is 6. The third-order valence-electron chi connectivity index (χ3n) is 5.16. The molecule has 2 aliphatic rings. The number of likely N-dealkylation sites (tertiary alicyclic amines) is 1. The van der Waals surface area contributed by atoms with E-state index in [4.69, 9.17) is 4.74 Å². The molecular weight excluding hydrogens is 362 g/mol. The molecule has 0 aliphatic carbocycles. The number of rotatable bonds is 6. The first-order valence-electron chi connectivity index (χ1n) is 9.58. The van der Waals surface area contributed by atoms with Gasteiger partial charge in [-0.1, -0.05) is 0 Å². The monoisotopic (exact) mass is 387 g/mol. The Balaban J connectivity index is 1.38. The molecule has 0 atom stereocenters. The van der Waals surface area contributed by atoms with E-state index in [0.717, 1.165) is 58.9 Å². The van der Waals surface area contributed by atoms with Crippen molar-refractivity contribution >= 4 is 17.6 Å². The Morgan fingerprint density at radius 3 is 2.68 bits per heavy atom. The molecule has 2 aromatic heterocycles. The Morgan fingerprint density at radius 2 is 1.96 bits per heavy atom. The summed E-state index contributed by atoms with van der Waals surface area (Å²) in [7, 11) is 1.66. The van der Waals surface area contributed by atoms with Crippen LogP contribution in [0.15, 0.2) is 18.5 Å². The number of anilines is 1. The minimum Gasteiger partial charge on any atom is -0.379 e. The van der Waals surface area contributed by atoms with Gasteiger partial charge in [-0.15, -0.1) is 0 Å². The van der Waals surface area contributed by atoms with Gasteiger partial charge in [-0.25, -0.2) is 0 Å². The highest BCUT2D eigenvalue weighted by atomic mass is 16.5. The number of nitrogens with zero attached hydrogens (tertiary/aromatic N) is 6. The third-order valence-corrected chi connectivity index (χ3v) is 5.16. The van der Waals surface area contributed by atoms with Gasteiger partial charge in [0.25, 0.3) is 11.8 Å². The molecule has 0 spiro atoms. The van der Waals surface area contributed by atoms with Crippen LogP contribution in [0.3, 0.4) is 0 Å². The van der Waals surface area contributed by atoms with Gasteiger partial charge in [-0.05, 0) is 6.42 Å². The zero-order valence-electron chi connectivity index (χ0n) is 16.0. The summed E-state index contributed by atoms with van der Waals surface area (Å²) in [6.07, 6.45) is 4.29. The van der Waals surface area contributed by atoms with Crippen molar-refractivity contribution in [2.24, 2.45) is 7.05 Å². The van der Waals surface area contributed by atoms with Crippen LogP contribution in [-0.4, -0.2) is 87.1 Å². The molecule has 0 unspecified atom stereocenters. The summed E-state index contributed by atoms with van der Waals surface area (Å²) in [5.74, 6) is -0.0848. The molecule has 150 valence electrons. The fourth-order valence-electron chi connectivity index (χ4n) is 3.35. The van der Waals surface area contributed by atoms with Gasteiger partial charge in [0.05, 0.1) is 31.5 Å². The zero-order valence-corrected chi connectivity index (χ0v) is 16.0. The van der Waals surface area contributed by atoms with E-state index >= 15 is 0 Å². The Labute approximate surface area is 163 Å². The first kappa shape index (κ1) is 18.6. The maximum Gasteiger partial charge on any atom is 0.275 e. The van der Waals surface area contributed by atoms with Gasteiger partial charge in [-0.2, -0.15) is 10.2 Å². The topological polar surface area (TPSA) is 97.5 Å². The fourth-order valence-corrected chi connectivity index (χ4v) is 3.35. The molecule has 10 heteroatoms. The van der Waals surface area contributed by atoms with Crippen molar-refractivity contribution in [3.8, 4) is 0 Å². The second kappa shape index (κ2) is 8.11. The van der Waals surface area contributed by atoms with Crippen molar-refractivity contribution in [3.63, 3.8) is 0 Å². The van der Waals surface area contributed by atoms with Crippen molar-refractivity contribution in [1.82, 2.24) is 29.4 Å². The molecule has 2 amide bonds. The van der Waals surface area contributed by atoms with Crippen molar-refractivity contribution in [2.75, 3.05) is 51.3 Å². The summed E-state index contributed by atoms with van der Waals surface area (Å²) >= 11 is 0. The summed E-state index contributed by atoms with van der Waals surface area (Å²) in [5, 5.41) is 11.3. The lowest BCUT2D eigenvalue weighted by molar-refractivity contribution is 0.0360. The van der Waals surface area contributed by atoms with Gasteiger partial charge in [0.2, 0.25) is 0 Å². The molecule has 10 nitrogen and oxygen atoms in total. The number of ether oxygens (including phenoxy) is 1. The van der Waals surface area contributed by atoms with Gasteiger partial charge in [0, 0.05) is 52.0 Å². The van der Waals surface area contributed by atoms with Crippen LogP contribution in [0.5, 0.6) is 0 Å². The molecule has 28 heavy (non-hydrogen) atoms. The SMILES string of the molecule is Cn1ncc(C(=O)N2CCC2)c1C(=O)Nc1ccn(CCN2CCOCC2)n1. The largest absolute Gasteiger partial charge is 0.379 e. The Hall–Kier alpha value is -2.72. The van der Waals surface area contributed by atoms with E-state index in [9.17, 15) is 9.59 Å². The van der Waals surface area contributed by atoms with Crippen molar-refractivity contribution in [1.29, 1.82) is 0 Å². The number of morpholine rings is 1. The third kappa shape index (κ3) is 3.92. The van der Waals surface area contributed by atoms with Crippen LogP contribution < -0.4 is 5.32 Å². The second-order valence-corrected chi connectivity index (χ2v) is 7.05. The molecule has 4 rings (SSSR count). The lowest BCUT2D eigenvalue weighted by atomic mass is 10.1. The van der Waals surface area contributed by atoms with Crippen LogP contribution in [-0.2, 0) is 18.3 Å². The quantitative estimate of drug-likeness (QED) is 0.752. The van der Waals surface area contributed by atoms with Crippen LogP contribution in [0.4, 0.5) is 5.82 Å². The zero-order chi connectivity index (χ0) is 19.5. The molecule has 2 aromatic rings. The summed E-state index contributed by atoms with van der Waals surface area (Å²) in [4.78, 5) is 29.3.